The summed E-state index contributed by atoms with van der Waals surface area (Å²) in [5.41, 5.74) is 0.353. The van der Waals surface area contributed by atoms with Crippen molar-refractivity contribution < 1.29 is 14.4 Å². The molecule has 1 heterocycles. The van der Waals surface area contributed by atoms with E-state index in [1.54, 1.807) is 0 Å². The van der Waals surface area contributed by atoms with Gasteiger partial charge in [0.2, 0.25) is 0 Å². The molecule has 1 atom stereocenters. The molecule has 0 aromatic heterocycles. The smallest absolute Gasteiger partial charge is 0.198 e. The van der Waals surface area contributed by atoms with Crippen molar-refractivity contribution in [2.75, 3.05) is 12.3 Å². The summed E-state index contributed by atoms with van der Waals surface area (Å²) in [6, 6.07) is 0. The minimum Gasteiger partial charge on any atom is -0.380 e. The molecule has 1 N–H and O–H groups in total. The highest BCUT2D eigenvalue weighted by Gasteiger charge is 2.44. The second-order valence-electron chi connectivity index (χ2n) is 3.25. The Morgan fingerprint density at radius 2 is 2.14 bits per heavy atom. The maximum atomic E-state index is 11.6. The first-order chi connectivity index (χ1) is 6.63. The van der Waals surface area contributed by atoms with Crippen molar-refractivity contribution >= 4 is 29.1 Å². The van der Waals surface area contributed by atoms with Crippen molar-refractivity contribution in [2.24, 2.45) is 5.92 Å². The molecule has 0 amide bonds. The van der Waals surface area contributed by atoms with Crippen LogP contribution in [0.3, 0.4) is 0 Å². The van der Waals surface area contributed by atoms with E-state index in [0.717, 1.165) is 5.75 Å². The number of nitrogens with one attached hydrogen (secondary N) is 1. The molecular weight excluding hydrogens is 202 g/mol. The van der Waals surface area contributed by atoms with Crippen LogP contribution >= 0.6 is 11.8 Å². The van der Waals surface area contributed by atoms with Crippen LogP contribution in [0.5, 0.6) is 0 Å². The summed E-state index contributed by atoms with van der Waals surface area (Å²) >= 11 is 1.36. The summed E-state index contributed by atoms with van der Waals surface area (Å²) in [7, 11) is 0. The fraction of sp³-hybridized carbons (Fsp3) is 0.444. The third kappa shape index (κ3) is 1.19. The van der Waals surface area contributed by atoms with E-state index in [1.165, 1.54) is 18.7 Å². The monoisotopic (exact) mass is 211 g/mol. The molecular formula is C9H9NO3S. The fourth-order valence-electron chi connectivity index (χ4n) is 1.64. The van der Waals surface area contributed by atoms with Crippen LogP contribution in [0, 0.1) is 5.92 Å². The highest BCUT2D eigenvalue weighted by atomic mass is 32.2. The average Bonchev–Trinajstić information content (AvgIpc) is 2.41. The van der Waals surface area contributed by atoms with Crippen LogP contribution in [-0.4, -0.2) is 29.6 Å². The Hall–Kier alpha value is -1.10. The zero-order valence-electron chi connectivity index (χ0n) is 7.62. The van der Waals surface area contributed by atoms with Crippen molar-refractivity contribution in [2.45, 2.75) is 6.92 Å². The van der Waals surface area contributed by atoms with E-state index in [4.69, 9.17) is 0 Å². The topological polar surface area (TPSA) is 63.2 Å². The summed E-state index contributed by atoms with van der Waals surface area (Å²) in [4.78, 5) is 34.8. The molecule has 74 valence electrons. The van der Waals surface area contributed by atoms with Crippen molar-refractivity contribution in [1.82, 2.24) is 5.32 Å². The second-order valence-corrected chi connectivity index (χ2v) is 4.36. The lowest BCUT2D eigenvalue weighted by Gasteiger charge is -2.12. The van der Waals surface area contributed by atoms with E-state index in [1.807, 2.05) is 0 Å². The van der Waals surface area contributed by atoms with E-state index in [0.29, 0.717) is 17.1 Å². The normalized spacial score (nSPS) is 26.2. The fourth-order valence-corrected chi connectivity index (χ4v) is 2.62. The highest BCUT2D eigenvalue weighted by molar-refractivity contribution is 8.04. The summed E-state index contributed by atoms with van der Waals surface area (Å²) in [5.74, 6) is -1.35. The molecule has 0 saturated carbocycles. The Bertz CT molecular complexity index is 344. The lowest BCUT2D eigenvalue weighted by molar-refractivity contribution is -0.134. The molecule has 2 rings (SSSR count). The standard InChI is InChI=1S/C9H9NO3S/c1-4(11)5-7(12)6-9(8(5)13)14-3-2-10-6/h5,10H,2-3H2,1H3. The van der Waals surface area contributed by atoms with Crippen molar-refractivity contribution in [3.63, 3.8) is 0 Å². The van der Waals surface area contributed by atoms with Gasteiger partial charge in [-0.05, 0) is 6.92 Å². The number of carbonyl (C=O) groups is 3. The van der Waals surface area contributed by atoms with Crippen molar-refractivity contribution in [3.8, 4) is 0 Å². The highest BCUT2D eigenvalue weighted by Crippen LogP contribution is 2.34. The van der Waals surface area contributed by atoms with Gasteiger partial charge in [-0.25, -0.2) is 0 Å². The number of hydrogen-bond donors (Lipinski definition) is 1. The molecule has 5 heteroatoms. The minimum atomic E-state index is -1.07. The molecule has 0 bridgehead atoms. The van der Waals surface area contributed by atoms with Gasteiger partial charge < -0.3 is 5.32 Å². The van der Waals surface area contributed by atoms with Gasteiger partial charge in [-0.3, -0.25) is 14.4 Å². The van der Waals surface area contributed by atoms with Crippen LogP contribution in [0.1, 0.15) is 6.92 Å². The van der Waals surface area contributed by atoms with Gasteiger partial charge in [0.25, 0.3) is 0 Å². The average molecular weight is 211 g/mol. The predicted octanol–water partition coefficient (Wildman–Crippen LogP) is -0.109. The molecule has 0 radical (unpaired) electrons. The molecule has 0 spiro atoms. The third-order valence-corrected chi connectivity index (χ3v) is 3.38. The molecule has 0 saturated heterocycles. The molecule has 2 aliphatic rings. The molecule has 1 aliphatic heterocycles. The lowest BCUT2D eigenvalue weighted by Crippen LogP contribution is -2.28. The Kier molecular flexibility index (Phi) is 2.19. The van der Waals surface area contributed by atoms with Gasteiger partial charge in [0.15, 0.2) is 11.6 Å². The SMILES string of the molecule is CC(=O)C1C(=O)C2=C(SCCN2)C1=O. The van der Waals surface area contributed by atoms with Crippen LogP contribution in [0.4, 0.5) is 0 Å². The number of ketones is 3. The second kappa shape index (κ2) is 3.24. The van der Waals surface area contributed by atoms with E-state index < -0.39 is 5.92 Å². The minimum absolute atomic E-state index is 0.324. The molecule has 1 aliphatic carbocycles. The summed E-state index contributed by atoms with van der Waals surface area (Å²) < 4.78 is 0. The third-order valence-electron chi connectivity index (χ3n) is 2.28. The maximum absolute atomic E-state index is 11.6. The van der Waals surface area contributed by atoms with Gasteiger partial charge in [-0.15, -0.1) is 11.8 Å². The van der Waals surface area contributed by atoms with Crippen LogP contribution in [0.25, 0.3) is 0 Å². The molecule has 0 aromatic carbocycles. The molecule has 4 nitrogen and oxygen atoms in total. The zero-order valence-corrected chi connectivity index (χ0v) is 8.44. The van der Waals surface area contributed by atoms with Gasteiger partial charge in [0.1, 0.15) is 11.7 Å². The van der Waals surface area contributed by atoms with Crippen LogP contribution in [0.2, 0.25) is 0 Å². The number of allylic oxidation sites excluding steroid dienone is 2. The first-order valence-corrected chi connectivity index (χ1v) is 5.31. The number of Topliss-reactive ketones (excluding diaryl/α,β-unsaturated/α-hetero) is 3. The molecule has 14 heavy (non-hydrogen) atoms. The van der Waals surface area contributed by atoms with Gasteiger partial charge in [-0.2, -0.15) is 0 Å². The Balaban J connectivity index is 2.39. The maximum Gasteiger partial charge on any atom is 0.198 e. The number of rotatable bonds is 1. The number of thioether (sulfide) groups is 1. The van der Waals surface area contributed by atoms with Gasteiger partial charge >= 0.3 is 0 Å². The van der Waals surface area contributed by atoms with Crippen LogP contribution in [0.15, 0.2) is 10.6 Å². The Morgan fingerprint density at radius 1 is 1.43 bits per heavy atom. The Labute approximate surface area is 85.1 Å². The Morgan fingerprint density at radius 3 is 2.71 bits per heavy atom. The zero-order chi connectivity index (χ0) is 10.3. The quantitative estimate of drug-likeness (QED) is 0.613. The largest absolute Gasteiger partial charge is 0.380 e. The van der Waals surface area contributed by atoms with Crippen LogP contribution in [-0.2, 0) is 14.4 Å². The first-order valence-electron chi connectivity index (χ1n) is 4.32. The van der Waals surface area contributed by atoms with Gasteiger partial charge in [-0.1, -0.05) is 0 Å². The molecule has 1 unspecified atom stereocenters. The number of hydrogen-bond acceptors (Lipinski definition) is 5. The van der Waals surface area contributed by atoms with Crippen molar-refractivity contribution in [3.05, 3.63) is 10.6 Å². The van der Waals surface area contributed by atoms with Crippen molar-refractivity contribution in [1.29, 1.82) is 0 Å². The van der Waals surface area contributed by atoms with Gasteiger partial charge in [0.05, 0.1) is 10.6 Å². The summed E-state index contributed by atoms with van der Waals surface area (Å²) in [6.07, 6.45) is 0. The lowest BCUT2D eigenvalue weighted by atomic mass is 10.0. The molecule has 0 fully saturated rings. The van der Waals surface area contributed by atoms with E-state index in [-0.39, 0.29) is 17.3 Å². The first kappa shape index (κ1) is 9.45. The molecule has 0 aromatic rings. The predicted molar refractivity (Wildman–Crippen MR) is 51.7 cm³/mol. The summed E-state index contributed by atoms with van der Waals surface area (Å²) in [6.45, 7) is 1.96. The van der Waals surface area contributed by atoms with E-state index in [2.05, 4.69) is 5.32 Å². The van der Waals surface area contributed by atoms with Crippen LogP contribution < -0.4 is 5.32 Å². The van der Waals surface area contributed by atoms with E-state index >= 15 is 0 Å². The van der Waals surface area contributed by atoms with E-state index in [9.17, 15) is 14.4 Å². The summed E-state index contributed by atoms with van der Waals surface area (Å²) in [5, 5.41) is 2.88. The number of carbonyl (C=O) groups excluding carboxylic acids is 3. The van der Waals surface area contributed by atoms with Gasteiger partial charge in [0, 0.05) is 12.3 Å².